The van der Waals surface area contributed by atoms with E-state index in [-0.39, 0.29) is 23.7 Å². The molecule has 1 fully saturated rings. The van der Waals surface area contributed by atoms with E-state index in [4.69, 9.17) is 11.6 Å². The van der Waals surface area contributed by atoms with Gasteiger partial charge in [-0.1, -0.05) is 11.6 Å². The van der Waals surface area contributed by atoms with Gasteiger partial charge in [0.25, 0.3) is 0 Å². The summed E-state index contributed by atoms with van der Waals surface area (Å²) in [6.45, 7) is 0.351. The van der Waals surface area contributed by atoms with Crippen LogP contribution in [0.3, 0.4) is 0 Å². The lowest BCUT2D eigenvalue weighted by atomic mass is 9.97. The molecule has 1 N–H and O–H groups in total. The lowest BCUT2D eigenvalue weighted by molar-refractivity contribution is -0.120. The molecule has 1 amide bonds. The number of piperidine rings is 1. The Kier molecular flexibility index (Phi) is 5.78. The number of anilines is 1. The first-order valence-electron chi connectivity index (χ1n) is 8.29. The summed E-state index contributed by atoms with van der Waals surface area (Å²) in [6, 6.07) is 8.79. The van der Waals surface area contributed by atoms with Gasteiger partial charge in [0.15, 0.2) is 0 Å². The smallest absolute Gasteiger partial charge is 0.243 e. The third-order valence-corrected chi connectivity index (χ3v) is 6.63. The third kappa shape index (κ3) is 4.45. The van der Waals surface area contributed by atoms with E-state index >= 15 is 0 Å². The molecule has 1 aliphatic rings. The summed E-state index contributed by atoms with van der Waals surface area (Å²) < 4.78 is 53.2. The second-order valence-electron chi connectivity index (χ2n) is 6.25. The van der Waals surface area contributed by atoms with Gasteiger partial charge in [0, 0.05) is 30.1 Å². The molecule has 3 rings (SSSR count). The predicted molar refractivity (Wildman–Crippen MR) is 97.9 cm³/mol. The summed E-state index contributed by atoms with van der Waals surface area (Å²) in [4.78, 5) is 12.5. The van der Waals surface area contributed by atoms with E-state index in [2.05, 4.69) is 5.32 Å². The maximum absolute atomic E-state index is 13.7. The van der Waals surface area contributed by atoms with Crippen molar-refractivity contribution < 1.29 is 22.0 Å². The second kappa shape index (κ2) is 7.92. The highest BCUT2D eigenvalue weighted by Gasteiger charge is 2.32. The van der Waals surface area contributed by atoms with E-state index in [9.17, 15) is 22.0 Å². The Balaban J connectivity index is 1.62. The van der Waals surface area contributed by atoms with Gasteiger partial charge in [0.2, 0.25) is 15.9 Å². The van der Waals surface area contributed by atoms with Crippen molar-refractivity contribution in [2.45, 2.75) is 17.7 Å². The van der Waals surface area contributed by atoms with Gasteiger partial charge in [-0.15, -0.1) is 0 Å². The average Bonchev–Trinajstić information content (AvgIpc) is 2.64. The minimum Gasteiger partial charge on any atom is -0.323 e. The molecule has 0 unspecified atom stereocenters. The molecule has 1 heterocycles. The quantitative estimate of drug-likeness (QED) is 0.830. The number of hydrogen-bond acceptors (Lipinski definition) is 3. The number of rotatable bonds is 4. The molecule has 2 aromatic carbocycles. The number of carbonyl (C=O) groups excluding carboxylic acids is 1. The van der Waals surface area contributed by atoms with Crippen LogP contribution in [-0.4, -0.2) is 31.7 Å². The van der Waals surface area contributed by atoms with E-state index in [1.54, 1.807) is 0 Å². The Hall–Kier alpha value is -2.03. The molecular formula is C18H17ClF2N2O3S. The lowest BCUT2D eigenvalue weighted by Gasteiger charge is -2.30. The molecular weight excluding hydrogens is 398 g/mol. The largest absolute Gasteiger partial charge is 0.323 e. The number of sulfonamides is 1. The molecule has 0 spiro atoms. The Bertz CT molecular complexity index is 944. The van der Waals surface area contributed by atoms with Crippen LogP contribution in [0.4, 0.5) is 14.5 Å². The van der Waals surface area contributed by atoms with E-state index in [0.29, 0.717) is 23.9 Å². The molecule has 5 nitrogen and oxygen atoms in total. The van der Waals surface area contributed by atoms with Crippen molar-refractivity contribution in [2.24, 2.45) is 5.92 Å². The number of amides is 1. The summed E-state index contributed by atoms with van der Waals surface area (Å²) in [5.41, 5.74) is -0.0994. The van der Waals surface area contributed by atoms with E-state index in [1.807, 2.05) is 0 Å². The first-order chi connectivity index (χ1) is 12.8. The van der Waals surface area contributed by atoms with Gasteiger partial charge in [0.05, 0.1) is 10.6 Å². The molecule has 0 aromatic heterocycles. The van der Waals surface area contributed by atoms with Gasteiger partial charge < -0.3 is 5.32 Å². The van der Waals surface area contributed by atoms with Crippen LogP contribution in [0.5, 0.6) is 0 Å². The molecule has 0 aliphatic carbocycles. The zero-order valence-corrected chi connectivity index (χ0v) is 15.7. The predicted octanol–water partition coefficient (Wildman–Crippen LogP) is 3.66. The lowest BCUT2D eigenvalue weighted by Crippen LogP contribution is -2.41. The maximum atomic E-state index is 13.7. The van der Waals surface area contributed by atoms with Crippen molar-refractivity contribution in [3.8, 4) is 0 Å². The molecule has 2 aromatic rings. The molecule has 0 bridgehead atoms. The van der Waals surface area contributed by atoms with Crippen LogP contribution in [-0.2, 0) is 14.8 Å². The minimum absolute atomic E-state index is 0.0994. The average molecular weight is 415 g/mol. The molecule has 1 saturated heterocycles. The first kappa shape index (κ1) is 19.7. The van der Waals surface area contributed by atoms with Crippen LogP contribution in [0.1, 0.15) is 12.8 Å². The van der Waals surface area contributed by atoms with Crippen LogP contribution < -0.4 is 5.32 Å². The minimum atomic E-state index is -3.66. The van der Waals surface area contributed by atoms with E-state index < -0.39 is 33.5 Å². The van der Waals surface area contributed by atoms with Crippen LogP contribution in [0.2, 0.25) is 5.02 Å². The van der Waals surface area contributed by atoms with Crippen molar-refractivity contribution in [3.63, 3.8) is 0 Å². The Morgan fingerprint density at radius 3 is 2.30 bits per heavy atom. The van der Waals surface area contributed by atoms with Crippen LogP contribution in [0.15, 0.2) is 47.4 Å². The number of carbonyl (C=O) groups is 1. The monoisotopic (exact) mass is 414 g/mol. The van der Waals surface area contributed by atoms with Gasteiger partial charge in [-0.2, -0.15) is 4.31 Å². The molecule has 0 radical (unpaired) electrons. The fourth-order valence-corrected chi connectivity index (χ4v) is 4.54. The summed E-state index contributed by atoms with van der Waals surface area (Å²) in [6.07, 6.45) is 0.614. The molecule has 1 aliphatic heterocycles. The van der Waals surface area contributed by atoms with Crippen LogP contribution in [0, 0.1) is 17.6 Å². The molecule has 27 heavy (non-hydrogen) atoms. The fourth-order valence-electron chi connectivity index (χ4n) is 2.94. The summed E-state index contributed by atoms with van der Waals surface area (Å²) in [5.74, 6) is -2.45. The van der Waals surface area contributed by atoms with Gasteiger partial charge >= 0.3 is 0 Å². The number of hydrogen-bond donors (Lipinski definition) is 1. The van der Waals surface area contributed by atoms with Crippen molar-refractivity contribution in [1.82, 2.24) is 4.31 Å². The Morgan fingerprint density at radius 2 is 1.70 bits per heavy atom. The Labute approximate surface area is 161 Å². The molecule has 144 valence electrons. The highest BCUT2D eigenvalue weighted by Crippen LogP contribution is 2.26. The zero-order valence-electron chi connectivity index (χ0n) is 14.2. The number of halogens is 3. The zero-order chi connectivity index (χ0) is 19.6. The highest BCUT2D eigenvalue weighted by atomic mass is 35.5. The van der Waals surface area contributed by atoms with Gasteiger partial charge in [-0.05, 0) is 49.2 Å². The summed E-state index contributed by atoms with van der Waals surface area (Å²) in [5, 5.41) is 2.88. The van der Waals surface area contributed by atoms with Gasteiger partial charge in [-0.25, -0.2) is 17.2 Å². The molecule has 0 atom stereocenters. The topological polar surface area (TPSA) is 66.5 Å². The van der Waals surface area contributed by atoms with Crippen molar-refractivity contribution in [3.05, 3.63) is 59.1 Å². The summed E-state index contributed by atoms with van der Waals surface area (Å²) >= 11 is 5.79. The van der Waals surface area contributed by atoms with Crippen LogP contribution >= 0.6 is 11.6 Å². The van der Waals surface area contributed by atoms with E-state index in [0.717, 1.165) is 12.1 Å². The first-order valence-corrected chi connectivity index (χ1v) is 10.1. The second-order valence-corrected chi connectivity index (χ2v) is 8.62. The molecule has 0 saturated carbocycles. The number of nitrogens with one attached hydrogen (secondary N) is 1. The van der Waals surface area contributed by atoms with Crippen LogP contribution in [0.25, 0.3) is 0 Å². The van der Waals surface area contributed by atoms with Crippen molar-refractivity contribution in [2.75, 3.05) is 18.4 Å². The normalized spacial score (nSPS) is 16.3. The molecule has 9 heteroatoms. The number of benzene rings is 2. The van der Waals surface area contributed by atoms with Crippen molar-refractivity contribution >= 4 is 33.2 Å². The standard InChI is InChI=1S/C18H17ClF2N2O3S/c19-13-1-4-15(5-2-13)27(25,26)23-9-7-12(8-10-23)18(24)22-17-6-3-14(20)11-16(17)21/h1-6,11-12H,7-10H2,(H,22,24). The fraction of sp³-hybridized carbons (Fsp3) is 0.278. The summed E-state index contributed by atoms with van der Waals surface area (Å²) in [7, 11) is -3.66. The Morgan fingerprint density at radius 1 is 1.07 bits per heavy atom. The van der Waals surface area contributed by atoms with Crippen molar-refractivity contribution in [1.29, 1.82) is 0 Å². The highest BCUT2D eigenvalue weighted by molar-refractivity contribution is 7.89. The van der Waals surface area contributed by atoms with E-state index in [1.165, 1.54) is 28.6 Å². The SMILES string of the molecule is O=C(Nc1ccc(F)cc1F)C1CCN(S(=O)(=O)c2ccc(Cl)cc2)CC1. The maximum Gasteiger partial charge on any atom is 0.243 e. The third-order valence-electron chi connectivity index (χ3n) is 4.47. The van der Waals surface area contributed by atoms with Gasteiger partial charge in [0.1, 0.15) is 11.6 Å². The van der Waals surface area contributed by atoms with Gasteiger partial charge in [-0.3, -0.25) is 4.79 Å². The number of nitrogens with zero attached hydrogens (tertiary/aromatic N) is 1.